The number of esters is 1. The number of aromatic nitrogens is 1. The molecule has 0 aliphatic heterocycles. The summed E-state index contributed by atoms with van der Waals surface area (Å²) >= 11 is 6.06. The molecule has 4 heteroatoms. The summed E-state index contributed by atoms with van der Waals surface area (Å²) in [5.41, 5.74) is 2.17. The largest absolute Gasteiger partial charge is 0.465 e. The van der Waals surface area contributed by atoms with E-state index in [-0.39, 0.29) is 0 Å². The molecule has 1 aromatic heterocycles. The highest BCUT2D eigenvalue weighted by Gasteiger charge is 2.11. The molecule has 2 rings (SSSR count). The molecule has 1 aromatic carbocycles. The zero-order chi connectivity index (χ0) is 11.7. The second-order valence-electron chi connectivity index (χ2n) is 3.47. The van der Waals surface area contributed by atoms with E-state index in [2.05, 4.69) is 9.72 Å². The minimum atomic E-state index is -0.396. The molecule has 0 N–H and O–H groups in total. The maximum Gasteiger partial charge on any atom is 0.337 e. The molecule has 0 saturated heterocycles. The molecule has 16 heavy (non-hydrogen) atoms. The minimum Gasteiger partial charge on any atom is -0.465 e. The van der Waals surface area contributed by atoms with Crippen molar-refractivity contribution in [2.45, 2.75) is 6.92 Å². The predicted molar refractivity (Wildman–Crippen MR) is 62.8 cm³/mol. The van der Waals surface area contributed by atoms with Crippen molar-refractivity contribution in [3.8, 4) is 0 Å². The Bertz CT molecular complexity index is 566. The maximum atomic E-state index is 11.4. The van der Waals surface area contributed by atoms with Crippen LogP contribution in [0.1, 0.15) is 15.9 Å². The van der Waals surface area contributed by atoms with E-state index in [1.807, 2.05) is 13.0 Å². The zero-order valence-corrected chi connectivity index (χ0v) is 9.71. The highest BCUT2D eigenvalue weighted by atomic mass is 35.5. The molecule has 0 saturated carbocycles. The van der Waals surface area contributed by atoms with Gasteiger partial charge in [-0.25, -0.2) is 4.79 Å². The molecule has 0 bridgehead atoms. The highest BCUT2D eigenvalue weighted by molar-refractivity contribution is 6.35. The van der Waals surface area contributed by atoms with Crippen LogP contribution in [-0.4, -0.2) is 18.1 Å². The Labute approximate surface area is 98.0 Å². The van der Waals surface area contributed by atoms with Crippen LogP contribution in [0.2, 0.25) is 5.02 Å². The number of hydrogen-bond acceptors (Lipinski definition) is 3. The van der Waals surface area contributed by atoms with Crippen LogP contribution in [0.4, 0.5) is 0 Å². The summed E-state index contributed by atoms with van der Waals surface area (Å²) in [6, 6.07) is 5.19. The highest BCUT2D eigenvalue weighted by Crippen LogP contribution is 2.26. The second kappa shape index (κ2) is 4.10. The Morgan fingerprint density at radius 2 is 2.19 bits per heavy atom. The average Bonchev–Trinajstić information content (AvgIpc) is 2.29. The lowest BCUT2D eigenvalue weighted by Gasteiger charge is -2.06. The third kappa shape index (κ3) is 1.74. The summed E-state index contributed by atoms with van der Waals surface area (Å²) in [6.45, 7) is 1.95. The number of ether oxygens (including phenoxy) is 1. The van der Waals surface area contributed by atoms with E-state index in [0.717, 1.165) is 10.9 Å². The first-order valence-electron chi connectivity index (χ1n) is 4.76. The second-order valence-corrected chi connectivity index (χ2v) is 3.88. The van der Waals surface area contributed by atoms with Crippen molar-refractivity contribution in [1.82, 2.24) is 4.98 Å². The number of hydrogen-bond donors (Lipinski definition) is 0. The number of benzene rings is 1. The van der Waals surface area contributed by atoms with Crippen LogP contribution in [0, 0.1) is 6.92 Å². The lowest BCUT2D eigenvalue weighted by atomic mass is 10.1. The summed E-state index contributed by atoms with van der Waals surface area (Å²) in [4.78, 5) is 15.6. The third-order valence-corrected chi connectivity index (χ3v) is 2.73. The Kier molecular flexibility index (Phi) is 2.79. The van der Waals surface area contributed by atoms with Crippen LogP contribution in [0.15, 0.2) is 24.4 Å². The number of aryl methyl sites for hydroxylation is 1. The number of fused-ring (bicyclic) bond motifs is 1. The van der Waals surface area contributed by atoms with Gasteiger partial charge in [-0.3, -0.25) is 4.98 Å². The molecule has 0 radical (unpaired) electrons. The first-order valence-corrected chi connectivity index (χ1v) is 5.14. The van der Waals surface area contributed by atoms with Crippen molar-refractivity contribution in [2.24, 2.45) is 0 Å². The molecule has 0 unspecified atom stereocenters. The summed E-state index contributed by atoms with van der Waals surface area (Å²) in [7, 11) is 1.34. The lowest BCUT2D eigenvalue weighted by Crippen LogP contribution is -2.01. The van der Waals surface area contributed by atoms with E-state index in [4.69, 9.17) is 11.6 Å². The summed E-state index contributed by atoms with van der Waals surface area (Å²) < 4.78 is 4.66. The van der Waals surface area contributed by atoms with Gasteiger partial charge >= 0.3 is 5.97 Å². The standard InChI is InChI=1S/C12H10ClNO2/c1-7-3-4-14-11-9(7)5-8(6-10(11)13)12(15)16-2/h3-6H,1-2H3. The Balaban J connectivity index is 2.75. The average molecular weight is 236 g/mol. The van der Waals surface area contributed by atoms with Gasteiger partial charge in [-0.05, 0) is 30.7 Å². The fourth-order valence-electron chi connectivity index (χ4n) is 1.58. The first kappa shape index (κ1) is 10.9. The maximum absolute atomic E-state index is 11.4. The molecule has 0 spiro atoms. The van der Waals surface area contributed by atoms with E-state index in [1.54, 1.807) is 18.3 Å². The van der Waals surface area contributed by atoms with Gasteiger partial charge in [0.05, 0.1) is 23.2 Å². The number of rotatable bonds is 1. The zero-order valence-electron chi connectivity index (χ0n) is 8.95. The number of halogens is 1. The Morgan fingerprint density at radius 1 is 1.44 bits per heavy atom. The Morgan fingerprint density at radius 3 is 2.88 bits per heavy atom. The SMILES string of the molecule is COC(=O)c1cc(Cl)c2nccc(C)c2c1. The van der Waals surface area contributed by atoms with Crippen LogP contribution in [-0.2, 0) is 4.74 Å². The number of carbonyl (C=O) groups is 1. The van der Waals surface area contributed by atoms with E-state index in [9.17, 15) is 4.79 Å². The summed E-state index contributed by atoms with van der Waals surface area (Å²) in [6.07, 6.45) is 1.70. The fraction of sp³-hybridized carbons (Fsp3) is 0.167. The van der Waals surface area contributed by atoms with Crippen LogP contribution >= 0.6 is 11.6 Å². The number of pyridine rings is 1. The van der Waals surface area contributed by atoms with E-state index >= 15 is 0 Å². The Hall–Kier alpha value is -1.61. The first-order chi connectivity index (χ1) is 7.63. The molecule has 2 aromatic rings. The third-order valence-electron chi connectivity index (χ3n) is 2.44. The quantitative estimate of drug-likeness (QED) is 0.714. The van der Waals surface area contributed by atoms with Crippen molar-refractivity contribution in [1.29, 1.82) is 0 Å². The van der Waals surface area contributed by atoms with Gasteiger partial charge in [0.2, 0.25) is 0 Å². The van der Waals surface area contributed by atoms with Crippen LogP contribution in [0.3, 0.4) is 0 Å². The van der Waals surface area contributed by atoms with Gasteiger partial charge in [-0.15, -0.1) is 0 Å². The molecule has 82 valence electrons. The molecule has 0 aliphatic rings. The van der Waals surface area contributed by atoms with E-state index < -0.39 is 5.97 Å². The lowest BCUT2D eigenvalue weighted by molar-refractivity contribution is 0.0601. The molecule has 0 fully saturated rings. The van der Waals surface area contributed by atoms with Crippen molar-refractivity contribution < 1.29 is 9.53 Å². The number of carbonyl (C=O) groups excluding carboxylic acids is 1. The van der Waals surface area contributed by atoms with Crippen molar-refractivity contribution in [3.05, 3.63) is 40.5 Å². The van der Waals surface area contributed by atoms with Gasteiger partial charge in [0, 0.05) is 11.6 Å². The fourth-order valence-corrected chi connectivity index (χ4v) is 1.85. The van der Waals surface area contributed by atoms with Crippen LogP contribution < -0.4 is 0 Å². The smallest absolute Gasteiger partial charge is 0.337 e. The normalized spacial score (nSPS) is 10.4. The molecule has 0 atom stereocenters. The van der Waals surface area contributed by atoms with Crippen molar-refractivity contribution >= 4 is 28.5 Å². The molecule has 0 aliphatic carbocycles. The molecular formula is C12H10ClNO2. The van der Waals surface area contributed by atoms with E-state index in [0.29, 0.717) is 16.1 Å². The number of methoxy groups -OCH3 is 1. The summed E-state index contributed by atoms with van der Waals surface area (Å²) in [5, 5.41) is 1.33. The molecule has 3 nitrogen and oxygen atoms in total. The molecular weight excluding hydrogens is 226 g/mol. The predicted octanol–water partition coefficient (Wildman–Crippen LogP) is 2.98. The van der Waals surface area contributed by atoms with Crippen LogP contribution in [0.25, 0.3) is 10.9 Å². The van der Waals surface area contributed by atoms with Gasteiger partial charge in [-0.1, -0.05) is 11.6 Å². The van der Waals surface area contributed by atoms with Gasteiger partial charge in [0.1, 0.15) is 0 Å². The van der Waals surface area contributed by atoms with Gasteiger partial charge in [0.25, 0.3) is 0 Å². The minimum absolute atomic E-state index is 0.396. The molecule has 1 heterocycles. The van der Waals surface area contributed by atoms with Crippen LogP contribution in [0.5, 0.6) is 0 Å². The van der Waals surface area contributed by atoms with Crippen molar-refractivity contribution in [3.63, 3.8) is 0 Å². The van der Waals surface area contributed by atoms with Gasteiger partial charge in [-0.2, -0.15) is 0 Å². The summed E-state index contributed by atoms with van der Waals surface area (Å²) in [5.74, 6) is -0.396. The molecule has 0 amide bonds. The van der Waals surface area contributed by atoms with Gasteiger partial charge in [0.15, 0.2) is 0 Å². The topological polar surface area (TPSA) is 39.2 Å². The van der Waals surface area contributed by atoms with Crippen molar-refractivity contribution in [2.75, 3.05) is 7.11 Å². The monoisotopic (exact) mass is 235 g/mol. The van der Waals surface area contributed by atoms with Gasteiger partial charge < -0.3 is 4.74 Å². The van der Waals surface area contributed by atoms with E-state index in [1.165, 1.54) is 7.11 Å². The number of nitrogens with zero attached hydrogens (tertiary/aromatic N) is 1.